The lowest BCUT2D eigenvalue weighted by molar-refractivity contribution is 0.0696. The van der Waals surface area contributed by atoms with Crippen LogP contribution in [0.25, 0.3) is 22.2 Å². The molecule has 0 amide bonds. The van der Waals surface area contributed by atoms with Crippen LogP contribution in [-0.2, 0) is 6.54 Å². The summed E-state index contributed by atoms with van der Waals surface area (Å²) in [5.74, 6) is 0.0161. The zero-order chi connectivity index (χ0) is 22.8. The maximum absolute atomic E-state index is 14.5. The number of hydrogen-bond donors (Lipinski definition) is 2. The third-order valence-corrected chi connectivity index (χ3v) is 5.46. The third-order valence-electron chi connectivity index (χ3n) is 5.46. The van der Waals surface area contributed by atoms with Crippen molar-refractivity contribution in [3.05, 3.63) is 71.4 Å². The Labute approximate surface area is 184 Å². The number of methoxy groups -OCH3 is 1. The maximum Gasteiger partial charge on any atom is 0.335 e. The fraction of sp³-hybridized carbons (Fsp3) is 0.208. The SMILES string of the molecule is COc1ccc(F)c2c1cc(C)n2CCNc1cc(-c2ccc(C(=O)O)c(C)c2)ncn1. The van der Waals surface area contributed by atoms with Gasteiger partial charge in [-0.2, -0.15) is 0 Å². The Bertz CT molecular complexity index is 1320. The van der Waals surface area contributed by atoms with Crippen LogP contribution in [-0.4, -0.2) is 39.3 Å². The zero-order valence-electron chi connectivity index (χ0n) is 18.0. The zero-order valence-corrected chi connectivity index (χ0v) is 18.0. The van der Waals surface area contributed by atoms with Gasteiger partial charge in [-0.15, -0.1) is 0 Å². The molecule has 164 valence electrons. The molecular weight excluding hydrogens is 411 g/mol. The number of aromatic carboxylic acids is 1. The van der Waals surface area contributed by atoms with Gasteiger partial charge in [-0.1, -0.05) is 6.07 Å². The molecule has 0 bridgehead atoms. The molecule has 0 saturated carbocycles. The van der Waals surface area contributed by atoms with Gasteiger partial charge < -0.3 is 19.7 Å². The summed E-state index contributed by atoms with van der Waals surface area (Å²) in [5, 5.41) is 13.2. The second-order valence-electron chi connectivity index (χ2n) is 7.50. The number of aromatic nitrogens is 3. The van der Waals surface area contributed by atoms with Crippen molar-refractivity contribution in [1.29, 1.82) is 0 Å². The topological polar surface area (TPSA) is 89.3 Å². The summed E-state index contributed by atoms with van der Waals surface area (Å²) < 4.78 is 21.8. The Morgan fingerprint density at radius 2 is 1.97 bits per heavy atom. The predicted molar refractivity (Wildman–Crippen MR) is 121 cm³/mol. The summed E-state index contributed by atoms with van der Waals surface area (Å²) >= 11 is 0. The van der Waals surface area contributed by atoms with E-state index in [2.05, 4.69) is 15.3 Å². The lowest BCUT2D eigenvalue weighted by atomic mass is 10.0. The van der Waals surface area contributed by atoms with Gasteiger partial charge >= 0.3 is 5.97 Å². The van der Waals surface area contributed by atoms with E-state index in [1.54, 1.807) is 44.4 Å². The minimum atomic E-state index is -0.957. The van der Waals surface area contributed by atoms with Gasteiger partial charge in [-0.3, -0.25) is 0 Å². The van der Waals surface area contributed by atoms with E-state index in [1.165, 1.54) is 12.4 Å². The largest absolute Gasteiger partial charge is 0.496 e. The molecular formula is C24H23FN4O3. The molecule has 2 aromatic carbocycles. The number of ether oxygens (including phenoxy) is 1. The minimum Gasteiger partial charge on any atom is -0.496 e. The van der Waals surface area contributed by atoms with Gasteiger partial charge in [0, 0.05) is 35.8 Å². The number of nitrogens with one attached hydrogen (secondary N) is 1. The number of carbonyl (C=O) groups is 1. The van der Waals surface area contributed by atoms with Crippen LogP contribution in [0.5, 0.6) is 5.75 Å². The number of carboxylic acid groups (broad SMARTS) is 1. The molecule has 0 radical (unpaired) electrons. The number of benzene rings is 2. The Balaban J connectivity index is 1.52. The first-order valence-corrected chi connectivity index (χ1v) is 10.1. The van der Waals surface area contributed by atoms with Crippen LogP contribution >= 0.6 is 0 Å². The molecule has 0 saturated heterocycles. The molecule has 4 aromatic rings. The molecule has 32 heavy (non-hydrogen) atoms. The van der Waals surface area contributed by atoms with Crippen LogP contribution < -0.4 is 10.1 Å². The highest BCUT2D eigenvalue weighted by Crippen LogP contribution is 2.31. The summed E-state index contributed by atoms with van der Waals surface area (Å²) in [6, 6.07) is 11.9. The van der Waals surface area contributed by atoms with Crippen LogP contribution in [0.2, 0.25) is 0 Å². The van der Waals surface area contributed by atoms with Crippen molar-refractivity contribution in [2.75, 3.05) is 19.0 Å². The van der Waals surface area contributed by atoms with E-state index in [4.69, 9.17) is 4.74 Å². The molecule has 0 fully saturated rings. The van der Waals surface area contributed by atoms with Crippen molar-refractivity contribution in [2.45, 2.75) is 20.4 Å². The average Bonchev–Trinajstić information content (AvgIpc) is 3.11. The Kier molecular flexibility index (Phi) is 5.77. The molecule has 4 rings (SSSR count). The van der Waals surface area contributed by atoms with Crippen molar-refractivity contribution < 1.29 is 19.0 Å². The lowest BCUT2D eigenvalue weighted by Gasteiger charge is -2.12. The van der Waals surface area contributed by atoms with E-state index in [0.29, 0.717) is 41.4 Å². The number of anilines is 1. The van der Waals surface area contributed by atoms with Crippen molar-refractivity contribution in [1.82, 2.24) is 14.5 Å². The van der Waals surface area contributed by atoms with E-state index in [9.17, 15) is 14.3 Å². The van der Waals surface area contributed by atoms with Crippen molar-refractivity contribution in [2.24, 2.45) is 0 Å². The molecule has 2 N–H and O–H groups in total. The molecule has 0 aliphatic rings. The molecule has 2 heterocycles. The van der Waals surface area contributed by atoms with Gasteiger partial charge in [0.25, 0.3) is 0 Å². The van der Waals surface area contributed by atoms with Crippen LogP contribution in [0.1, 0.15) is 21.6 Å². The molecule has 0 aliphatic heterocycles. The summed E-state index contributed by atoms with van der Waals surface area (Å²) in [4.78, 5) is 19.8. The van der Waals surface area contributed by atoms with E-state index >= 15 is 0 Å². The highest BCUT2D eigenvalue weighted by molar-refractivity contribution is 5.90. The first-order valence-electron chi connectivity index (χ1n) is 10.1. The number of halogens is 1. The van der Waals surface area contributed by atoms with E-state index in [-0.39, 0.29) is 11.4 Å². The lowest BCUT2D eigenvalue weighted by Crippen LogP contribution is -2.13. The Hall–Kier alpha value is -3.94. The fourth-order valence-corrected chi connectivity index (χ4v) is 3.88. The van der Waals surface area contributed by atoms with Crippen LogP contribution in [0.15, 0.2) is 48.8 Å². The van der Waals surface area contributed by atoms with Gasteiger partial charge in [-0.25, -0.2) is 19.2 Å². The monoisotopic (exact) mass is 434 g/mol. The summed E-state index contributed by atoms with van der Waals surface area (Å²) in [5.41, 5.74) is 3.86. The smallest absolute Gasteiger partial charge is 0.335 e. The summed E-state index contributed by atoms with van der Waals surface area (Å²) in [6.07, 6.45) is 1.46. The number of rotatable bonds is 7. The standard InChI is InChI=1S/C24H23FN4O3/c1-14-10-16(4-5-17(14)24(30)31)20-12-22(28-13-27-20)26-8-9-29-15(2)11-18-21(32-3)7-6-19(25)23(18)29/h4-7,10-13H,8-9H2,1-3H3,(H,30,31)(H,26,27,28). The number of aryl methyl sites for hydroxylation is 2. The second-order valence-corrected chi connectivity index (χ2v) is 7.50. The van der Waals surface area contributed by atoms with Gasteiger partial charge in [0.1, 0.15) is 23.7 Å². The second kappa shape index (κ2) is 8.66. The molecule has 0 unspecified atom stereocenters. The molecule has 2 aromatic heterocycles. The number of fused-ring (bicyclic) bond motifs is 1. The maximum atomic E-state index is 14.5. The molecule has 8 heteroatoms. The first-order chi connectivity index (χ1) is 15.4. The summed E-state index contributed by atoms with van der Waals surface area (Å²) in [6.45, 7) is 4.75. The number of carboxylic acids is 1. The quantitative estimate of drug-likeness (QED) is 0.439. The molecule has 0 atom stereocenters. The third kappa shape index (κ3) is 3.99. The highest BCUT2D eigenvalue weighted by Gasteiger charge is 2.14. The normalized spacial score (nSPS) is 11.0. The predicted octanol–water partition coefficient (Wildman–Crippen LogP) is 4.67. The number of hydrogen-bond acceptors (Lipinski definition) is 5. The molecule has 0 spiro atoms. The fourth-order valence-electron chi connectivity index (χ4n) is 3.88. The molecule has 7 nitrogen and oxygen atoms in total. The Morgan fingerprint density at radius 3 is 2.69 bits per heavy atom. The highest BCUT2D eigenvalue weighted by atomic mass is 19.1. The first kappa shape index (κ1) is 21.3. The van der Waals surface area contributed by atoms with Crippen LogP contribution in [0.3, 0.4) is 0 Å². The average molecular weight is 434 g/mol. The van der Waals surface area contributed by atoms with Crippen LogP contribution in [0.4, 0.5) is 10.2 Å². The van der Waals surface area contributed by atoms with E-state index in [0.717, 1.165) is 16.6 Å². The van der Waals surface area contributed by atoms with Gasteiger partial charge in [0.2, 0.25) is 0 Å². The summed E-state index contributed by atoms with van der Waals surface area (Å²) in [7, 11) is 1.57. The van der Waals surface area contributed by atoms with Crippen molar-refractivity contribution >= 4 is 22.7 Å². The number of nitrogens with zero attached hydrogens (tertiary/aromatic N) is 3. The minimum absolute atomic E-state index is 0.263. The van der Waals surface area contributed by atoms with E-state index < -0.39 is 5.97 Å². The molecule has 0 aliphatic carbocycles. The van der Waals surface area contributed by atoms with E-state index in [1.807, 2.05) is 17.6 Å². The van der Waals surface area contributed by atoms with Gasteiger partial charge in [0.05, 0.1) is 23.9 Å². The van der Waals surface area contributed by atoms with Gasteiger partial charge in [0.15, 0.2) is 0 Å². The van der Waals surface area contributed by atoms with Crippen LogP contribution in [0, 0.1) is 19.7 Å². The van der Waals surface area contributed by atoms with Gasteiger partial charge in [-0.05, 0) is 49.7 Å². The van der Waals surface area contributed by atoms with Crippen molar-refractivity contribution in [3.63, 3.8) is 0 Å². The van der Waals surface area contributed by atoms with Crippen molar-refractivity contribution in [3.8, 4) is 17.0 Å². The Morgan fingerprint density at radius 1 is 1.16 bits per heavy atom.